The van der Waals surface area contributed by atoms with Crippen molar-refractivity contribution in [2.45, 2.75) is 309 Å². The highest BCUT2D eigenvalue weighted by Gasteiger charge is 2.22. The van der Waals surface area contributed by atoms with Crippen molar-refractivity contribution < 1.29 is 42.9 Å². The molecule has 0 aliphatic carbocycles. The number of unbranched alkanes of at least 4 members (excludes halogenated alkanes) is 24. The third kappa shape index (κ3) is 79.3. The molecule has 558 valence electrons. The van der Waals surface area contributed by atoms with Gasteiger partial charge in [-0.25, -0.2) is 0 Å². The van der Waals surface area contributed by atoms with E-state index in [4.69, 9.17) is 18.9 Å². The van der Waals surface area contributed by atoms with Gasteiger partial charge in [-0.1, -0.05) is 337 Å². The molecule has 0 amide bonds. The molecule has 0 spiro atoms. The standard InChI is InChI=1S/C90H145NO8/c1-6-8-10-12-14-16-18-20-22-24-26-28-30-32-34-36-38-40-42-43-44-45-47-49-51-53-55-57-59-61-63-65-67-69-71-73-75-77-79-81-88(93)99-86(85-98-90(89(94)95)96-83-82-91(3,4)5)84-97-87(92)80-78-76-74-72-70-68-66-64-62-60-58-56-54-52-50-48-46-41-39-37-35-33-31-29-27-25-23-21-19-17-15-13-11-9-7-2/h8-11,14-17,20-23,26-29,32-35,38-41,43-44,47-50,53,55,86,90H,6-7,12-13,18-19,24-25,30-31,36-37,42,45-46,51-52,54,56-85H2,1-5H3/b10-8-,11-9-,16-14-,17-15-,22-20-,23-21-,28-26-,29-27-,34-32-,35-33-,40-38-,41-39-,44-43-,49-47-,50-48-,55-53-. The first-order chi connectivity index (χ1) is 48.6. The van der Waals surface area contributed by atoms with Crippen molar-refractivity contribution in [3.63, 3.8) is 0 Å². The van der Waals surface area contributed by atoms with Crippen molar-refractivity contribution in [1.29, 1.82) is 0 Å². The molecule has 99 heavy (non-hydrogen) atoms. The summed E-state index contributed by atoms with van der Waals surface area (Å²) in [6.45, 7) is 4.51. The lowest BCUT2D eigenvalue weighted by molar-refractivity contribution is -0.870. The Labute approximate surface area is 608 Å². The highest BCUT2D eigenvalue weighted by molar-refractivity contribution is 5.70. The van der Waals surface area contributed by atoms with E-state index < -0.39 is 24.3 Å². The molecule has 0 saturated carbocycles. The first kappa shape index (κ1) is 93.1. The van der Waals surface area contributed by atoms with E-state index in [1.54, 1.807) is 0 Å². The quantitative estimate of drug-likeness (QED) is 0.0195. The van der Waals surface area contributed by atoms with E-state index in [-0.39, 0.29) is 38.6 Å². The highest BCUT2D eigenvalue weighted by Crippen LogP contribution is 2.17. The number of likely N-dealkylation sites (N-methyl/N-ethyl adjacent to an activating group) is 1. The Morgan fingerprint density at radius 1 is 0.303 bits per heavy atom. The molecule has 0 N–H and O–H groups in total. The number of esters is 2. The summed E-state index contributed by atoms with van der Waals surface area (Å²) in [7, 11) is 5.93. The molecule has 2 unspecified atom stereocenters. The molecular weight excluding hydrogens is 1220 g/mol. The Hall–Kier alpha value is -5.87. The van der Waals surface area contributed by atoms with Crippen molar-refractivity contribution in [2.75, 3.05) is 47.5 Å². The fourth-order valence-corrected chi connectivity index (χ4v) is 10.4. The number of carbonyl (C=O) groups excluding carboxylic acids is 3. The molecule has 0 aromatic heterocycles. The third-order valence-corrected chi connectivity index (χ3v) is 16.3. The number of hydrogen-bond donors (Lipinski definition) is 0. The Kier molecular flexibility index (Phi) is 73.2. The van der Waals surface area contributed by atoms with Gasteiger partial charge in [0.2, 0.25) is 0 Å². The predicted molar refractivity (Wildman–Crippen MR) is 425 cm³/mol. The Morgan fingerprint density at radius 2 is 0.545 bits per heavy atom. The zero-order valence-electron chi connectivity index (χ0n) is 63.8. The summed E-state index contributed by atoms with van der Waals surface area (Å²) in [5.74, 6) is -2.30. The molecule has 0 saturated heterocycles. The van der Waals surface area contributed by atoms with E-state index in [0.29, 0.717) is 17.4 Å². The molecule has 9 heteroatoms. The molecule has 0 bridgehead atoms. The highest BCUT2D eigenvalue weighted by atomic mass is 16.7. The Bertz CT molecular complexity index is 2340. The minimum Gasteiger partial charge on any atom is -0.545 e. The lowest BCUT2D eigenvalue weighted by Crippen LogP contribution is -2.44. The lowest BCUT2D eigenvalue weighted by atomic mass is 10.0. The van der Waals surface area contributed by atoms with Gasteiger partial charge in [-0.15, -0.1) is 0 Å². The second-order valence-corrected chi connectivity index (χ2v) is 26.9. The number of ether oxygens (including phenoxy) is 4. The second kappa shape index (κ2) is 77.9. The molecule has 9 nitrogen and oxygen atoms in total. The van der Waals surface area contributed by atoms with Crippen LogP contribution < -0.4 is 5.11 Å². The van der Waals surface area contributed by atoms with Gasteiger partial charge in [-0.3, -0.25) is 9.59 Å². The number of allylic oxidation sites excluding steroid dienone is 32. The molecule has 0 aliphatic heterocycles. The number of quaternary nitrogens is 1. The summed E-state index contributed by atoms with van der Waals surface area (Å²) in [6, 6.07) is 0. The van der Waals surface area contributed by atoms with Crippen molar-refractivity contribution in [2.24, 2.45) is 0 Å². The third-order valence-electron chi connectivity index (χ3n) is 16.3. The fraction of sp³-hybridized carbons (Fsp3) is 0.611. The first-order valence-corrected chi connectivity index (χ1v) is 39.6. The average Bonchev–Trinajstić information content (AvgIpc) is 1.14. The van der Waals surface area contributed by atoms with Crippen LogP contribution in [-0.4, -0.2) is 82.3 Å². The van der Waals surface area contributed by atoms with Crippen LogP contribution in [0.1, 0.15) is 296 Å². The number of carboxylic acid groups (broad SMARTS) is 1. The number of carbonyl (C=O) groups is 3. The van der Waals surface area contributed by atoms with Gasteiger partial charge in [-0.05, 0) is 141 Å². The van der Waals surface area contributed by atoms with Crippen molar-refractivity contribution >= 4 is 17.9 Å². The minimum absolute atomic E-state index is 0.139. The van der Waals surface area contributed by atoms with Crippen molar-refractivity contribution in [3.05, 3.63) is 194 Å². The Morgan fingerprint density at radius 3 is 0.808 bits per heavy atom. The fourth-order valence-electron chi connectivity index (χ4n) is 10.4. The molecule has 2 atom stereocenters. The van der Waals surface area contributed by atoms with Gasteiger partial charge in [0.05, 0.1) is 40.3 Å². The van der Waals surface area contributed by atoms with Crippen LogP contribution in [0.5, 0.6) is 0 Å². The second-order valence-electron chi connectivity index (χ2n) is 26.9. The summed E-state index contributed by atoms with van der Waals surface area (Å²) in [6.07, 6.45) is 117. The monoisotopic (exact) mass is 1370 g/mol. The van der Waals surface area contributed by atoms with E-state index in [1.165, 1.54) is 116 Å². The van der Waals surface area contributed by atoms with E-state index in [9.17, 15) is 19.5 Å². The van der Waals surface area contributed by atoms with Crippen molar-refractivity contribution in [1.82, 2.24) is 0 Å². The number of nitrogens with zero attached hydrogens (tertiary/aromatic N) is 1. The van der Waals surface area contributed by atoms with Crippen LogP contribution in [0.3, 0.4) is 0 Å². The first-order valence-electron chi connectivity index (χ1n) is 39.6. The Balaban J connectivity index is 4.12. The maximum atomic E-state index is 13.0. The van der Waals surface area contributed by atoms with Crippen LogP contribution in [0.15, 0.2) is 194 Å². The normalized spacial score (nSPS) is 13.7. The van der Waals surface area contributed by atoms with Crippen LogP contribution in [-0.2, 0) is 33.3 Å². The zero-order valence-corrected chi connectivity index (χ0v) is 63.8. The van der Waals surface area contributed by atoms with E-state index >= 15 is 0 Å². The van der Waals surface area contributed by atoms with E-state index in [2.05, 4.69) is 208 Å². The van der Waals surface area contributed by atoms with Crippen LogP contribution >= 0.6 is 0 Å². The maximum absolute atomic E-state index is 13.0. The summed E-state index contributed by atoms with van der Waals surface area (Å²) in [5.41, 5.74) is 0. The number of hydrogen-bond acceptors (Lipinski definition) is 8. The summed E-state index contributed by atoms with van der Waals surface area (Å²) in [5, 5.41) is 11.9. The molecular formula is C90H145NO8. The lowest BCUT2D eigenvalue weighted by Gasteiger charge is -2.26. The van der Waals surface area contributed by atoms with E-state index in [0.717, 1.165) is 148 Å². The number of aliphatic carboxylic acids is 1. The van der Waals surface area contributed by atoms with Gasteiger partial charge in [-0.2, -0.15) is 0 Å². The van der Waals surface area contributed by atoms with Crippen LogP contribution in [0.4, 0.5) is 0 Å². The molecule has 0 aromatic rings. The van der Waals surface area contributed by atoms with Gasteiger partial charge < -0.3 is 33.3 Å². The molecule has 0 fully saturated rings. The number of carboxylic acids is 1. The van der Waals surface area contributed by atoms with Crippen LogP contribution in [0.25, 0.3) is 0 Å². The maximum Gasteiger partial charge on any atom is 0.306 e. The molecule has 0 heterocycles. The SMILES string of the molecule is CC/C=C\C/C=C\C/C=C\C/C=C\C/C=C\C/C=C\C/C=C\C/C=C\C/C=C\CCCCCCCCCCCCCC(=O)OC(COC(=O)CCCCCCCCCCCCCCC/C=C\C/C=C\C/C=C\C/C=C\C/C=C\C/C=C\C/C=C\CC)COC(OCC[N+](C)(C)C)C(=O)[O-]. The van der Waals surface area contributed by atoms with Crippen LogP contribution in [0.2, 0.25) is 0 Å². The average molecular weight is 1370 g/mol. The molecule has 0 rings (SSSR count). The number of rotatable bonds is 71. The van der Waals surface area contributed by atoms with E-state index in [1.807, 2.05) is 21.1 Å². The summed E-state index contributed by atoms with van der Waals surface area (Å²) < 4.78 is 22.8. The zero-order chi connectivity index (χ0) is 71.8. The van der Waals surface area contributed by atoms with Gasteiger partial charge in [0.1, 0.15) is 13.2 Å². The summed E-state index contributed by atoms with van der Waals surface area (Å²) in [4.78, 5) is 37.6. The van der Waals surface area contributed by atoms with Gasteiger partial charge in [0.25, 0.3) is 0 Å². The van der Waals surface area contributed by atoms with Crippen LogP contribution in [0, 0.1) is 0 Å². The predicted octanol–water partition coefficient (Wildman–Crippen LogP) is 24.4. The molecule has 0 aliphatic rings. The minimum atomic E-state index is -1.63. The van der Waals surface area contributed by atoms with Gasteiger partial charge >= 0.3 is 11.9 Å². The van der Waals surface area contributed by atoms with Gasteiger partial charge in [0, 0.05) is 12.8 Å². The van der Waals surface area contributed by atoms with Crippen molar-refractivity contribution in [3.8, 4) is 0 Å². The van der Waals surface area contributed by atoms with Gasteiger partial charge in [0.15, 0.2) is 12.4 Å². The summed E-state index contributed by atoms with van der Waals surface area (Å²) >= 11 is 0. The molecule has 0 radical (unpaired) electrons. The largest absolute Gasteiger partial charge is 0.545 e. The topological polar surface area (TPSA) is 111 Å². The smallest absolute Gasteiger partial charge is 0.306 e. The molecule has 0 aromatic carbocycles.